The third-order valence-electron chi connectivity index (χ3n) is 11.1. The second-order valence-electron chi connectivity index (χ2n) is 14.1. The van der Waals surface area contributed by atoms with Crippen molar-refractivity contribution in [3.63, 3.8) is 0 Å². The molecule has 0 aliphatic rings. The standard InChI is InChI=1S/C52H33NO/c1-4-14-41-34(10-1)13-7-17-42(41)37-22-28-39(29-23-37)53(49-20-8-19-46-43-15-5-2-11-35(43)26-32-47(46)49)40-30-24-38(25-31-40)44-18-9-21-50-51(44)48-33-27-36-12-3-6-16-45(36)52(48)54-50/h1-33H. The molecule has 10 aromatic carbocycles. The molecule has 1 aromatic heterocycles. The third kappa shape index (κ3) is 4.81. The van der Waals surface area contributed by atoms with Crippen LogP contribution in [0.15, 0.2) is 205 Å². The van der Waals surface area contributed by atoms with E-state index in [9.17, 15) is 0 Å². The summed E-state index contributed by atoms with van der Waals surface area (Å²) in [6.45, 7) is 0. The first-order chi connectivity index (χ1) is 26.8. The van der Waals surface area contributed by atoms with E-state index in [1.165, 1.54) is 48.8 Å². The van der Waals surface area contributed by atoms with Crippen LogP contribution in [0.3, 0.4) is 0 Å². The van der Waals surface area contributed by atoms with E-state index in [0.717, 1.165) is 55.5 Å². The molecule has 0 radical (unpaired) electrons. The Labute approximate surface area is 312 Å². The first-order valence-corrected chi connectivity index (χ1v) is 18.5. The molecule has 0 bridgehead atoms. The number of fused-ring (bicyclic) bond motifs is 9. The van der Waals surface area contributed by atoms with Crippen molar-refractivity contribution in [2.45, 2.75) is 0 Å². The minimum absolute atomic E-state index is 0.902. The van der Waals surface area contributed by atoms with Gasteiger partial charge in [0, 0.05) is 32.9 Å². The lowest BCUT2D eigenvalue weighted by molar-refractivity contribution is 0.673. The molecule has 0 spiro atoms. The molecule has 252 valence electrons. The average molecular weight is 688 g/mol. The van der Waals surface area contributed by atoms with Gasteiger partial charge in [-0.1, -0.05) is 158 Å². The van der Waals surface area contributed by atoms with Gasteiger partial charge in [0.15, 0.2) is 0 Å². The van der Waals surface area contributed by atoms with Crippen molar-refractivity contribution in [1.29, 1.82) is 0 Å². The van der Waals surface area contributed by atoms with Crippen LogP contribution in [0.4, 0.5) is 17.1 Å². The third-order valence-corrected chi connectivity index (χ3v) is 11.1. The first-order valence-electron chi connectivity index (χ1n) is 18.5. The van der Waals surface area contributed by atoms with Gasteiger partial charge < -0.3 is 9.32 Å². The van der Waals surface area contributed by atoms with Gasteiger partial charge in [0.2, 0.25) is 0 Å². The number of anilines is 3. The maximum absolute atomic E-state index is 6.53. The van der Waals surface area contributed by atoms with Gasteiger partial charge in [-0.25, -0.2) is 0 Å². The van der Waals surface area contributed by atoms with E-state index in [2.05, 4.69) is 205 Å². The highest BCUT2D eigenvalue weighted by atomic mass is 16.3. The minimum Gasteiger partial charge on any atom is -0.455 e. The minimum atomic E-state index is 0.902. The Morgan fingerprint density at radius 1 is 0.315 bits per heavy atom. The quantitative estimate of drug-likeness (QED) is 0.168. The van der Waals surface area contributed by atoms with Gasteiger partial charge in [-0.05, 0) is 97.0 Å². The van der Waals surface area contributed by atoms with Crippen LogP contribution >= 0.6 is 0 Å². The number of benzene rings is 10. The van der Waals surface area contributed by atoms with E-state index >= 15 is 0 Å². The smallest absolute Gasteiger partial charge is 0.143 e. The van der Waals surface area contributed by atoms with Crippen molar-refractivity contribution in [3.05, 3.63) is 200 Å². The molecular weight excluding hydrogens is 655 g/mol. The van der Waals surface area contributed by atoms with Crippen LogP contribution in [0.25, 0.3) is 87.3 Å². The van der Waals surface area contributed by atoms with Crippen molar-refractivity contribution in [3.8, 4) is 22.3 Å². The highest BCUT2D eigenvalue weighted by Gasteiger charge is 2.19. The fourth-order valence-electron chi connectivity index (χ4n) is 8.50. The van der Waals surface area contributed by atoms with Gasteiger partial charge in [-0.15, -0.1) is 0 Å². The van der Waals surface area contributed by atoms with Crippen molar-refractivity contribution >= 4 is 82.1 Å². The van der Waals surface area contributed by atoms with Gasteiger partial charge in [-0.3, -0.25) is 0 Å². The molecule has 0 amide bonds. The van der Waals surface area contributed by atoms with E-state index < -0.39 is 0 Å². The zero-order valence-electron chi connectivity index (χ0n) is 29.4. The highest BCUT2D eigenvalue weighted by molar-refractivity contribution is 6.19. The maximum atomic E-state index is 6.53. The van der Waals surface area contributed by atoms with Crippen LogP contribution < -0.4 is 4.90 Å². The van der Waals surface area contributed by atoms with Crippen LogP contribution in [-0.4, -0.2) is 0 Å². The molecule has 0 saturated heterocycles. The molecule has 54 heavy (non-hydrogen) atoms. The summed E-state index contributed by atoms with van der Waals surface area (Å²) < 4.78 is 6.53. The number of hydrogen-bond acceptors (Lipinski definition) is 2. The van der Waals surface area contributed by atoms with Gasteiger partial charge in [-0.2, -0.15) is 0 Å². The van der Waals surface area contributed by atoms with E-state index in [-0.39, 0.29) is 0 Å². The molecule has 11 aromatic rings. The number of hydrogen-bond donors (Lipinski definition) is 0. The molecule has 0 unspecified atom stereocenters. The highest BCUT2D eigenvalue weighted by Crippen LogP contribution is 2.44. The lowest BCUT2D eigenvalue weighted by atomic mass is 9.97. The van der Waals surface area contributed by atoms with Crippen LogP contribution in [0, 0.1) is 0 Å². The lowest BCUT2D eigenvalue weighted by Gasteiger charge is -2.27. The molecular formula is C52H33NO. The summed E-state index contributed by atoms with van der Waals surface area (Å²) in [6, 6.07) is 72.3. The Morgan fingerprint density at radius 3 is 1.57 bits per heavy atom. The number of furan rings is 1. The van der Waals surface area contributed by atoms with Crippen LogP contribution in [-0.2, 0) is 0 Å². The topological polar surface area (TPSA) is 16.4 Å². The molecule has 1 heterocycles. The normalized spacial score (nSPS) is 11.7. The van der Waals surface area contributed by atoms with Gasteiger partial charge in [0.1, 0.15) is 11.2 Å². The summed E-state index contributed by atoms with van der Waals surface area (Å²) >= 11 is 0. The predicted molar refractivity (Wildman–Crippen MR) is 229 cm³/mol. The molecule has 0 aliphatic heterocycles. The Kier molecular flexibility index (Phi) is 6.90. The molecule has 0 fully saturated rings. The zero-order valence-corrected chi connectivity index (χ0v) is 29.4. The van der Waals surface area contributed by atoms with Crippen LogP contribution in [0.5, 0.6) is 0 Å². The van der Waals surface area contributed by atoms with Gasteiger partial charge in [0.25, 0.3) is 0 Å². The fourth-order valence-corrected chi connectivity index (χ4v) is 8.50. The molecule has 11 rings (SSSR count). The second-order valence-corrected chi connectivity index (χ2v) is 14.1. The molecule has 0 atom stereocenters. The van der Waals surface area contributed by atoms with Crippen LogP contribution in [0.1, 0.15) is 0 Å². The SMILES string of the molecule is c1ccc2c(-c3ccc(N(c4ccc(-c5cccc6oc7c8ccccc8ccc7c56)cc4)c4cccc5c4ccc4ccccc45)cc3)cccc2c1. The molecule has 0 saturated carbocycles. The predicted octanol–water partition coefficient (Wildman–Crippen LogP) is 15.0. The van der Waals surface area contributed by atoms with E-state index in [1.54, 1.807) is 0 Å². The maximum Gasteiger partial charge on any atom is 0.143 e. The van der Waals surface area contributed by atoms with E-state index in [0.29, 0.717) is 0 Å². The lowest BCUT2D eigenvalue weighted by Crippen LogP contribution is -2.10. The van der Waals surface area contributed by atoms with Crippen molar-refractivity contribution in [2.75, 3.05) is 4.90 Å². The van der Waals surface area contributed by atoms with Crippen molar-refractivity contribution < 1.29 is 4.42 Å². The summed E-state index contributed by atoms with van der Waals surface area (Å²) in [4.78, 5) is 2.40. The number of rotatable bonds is 5. The Morgan fingerprint density at radius 2 is 0.833 bits per heavy atom. The number of nitrogens with zero attached hydrogens (tertiary/aromatic N) is 1. The van der Waals surface area contributed by atoms with Crippen molar-refractivity contribution in [2.24, 2.45) is 0 Å². The molecule has 2 heteroatoms. The fraction of sp³-hybridized carbons (Fsp3) is 0. The summed E-state index contributed by atoms with van der Waals surface area (Å²) in [5.41, 5.74) is 9.91. The zero-order chi connectivity index (χ0) is 35.6. The first kappa shape index (κ1) is 30.5. The van der Waals surface area contributed by atoms with Crippen LogP contribution in [0.2, 0.25) is 0 Å². The Hall–Kier alpha value is -7.16. The summed E-state index contributed by atoms with van der Waals surface area (Å²) in [5, 5.41) is 12.1. The Bertz CT molecular complexity index is 3200. The van der Waals surface area contributed by atoms with Gasteiger partial charge >= 0.3 is 0 Å². The van der Waals surface area contributed by atoms with E-state index in [1.807, 2.05) is 0 Å². The summed E-state index contributed by atoms with van der Waals surface area (Å²) in [7, 11) is 0. The largest absolute Gasteiger partial charge is 0.455 e. The summed E-state index contributed by atoms with van der Waals surface area (Å²) in [5.74, 6) is 0. The van der Waals surface area contributed by atoms with Gasteiger partial charge in [0.05, 0.1) is 5.69 Å². The Balaban J connectivity index is 1.07. The van der Waals surface area contributed by atoms with E-state index in [4.69, 9.17) is 4.42 Å². The molecule has 2 nitrogen and oxygen atoms in total. The monoisotopic (exact) mass is 687 g/mol. The summed E-state index contributed by atoms with van der Waals surface area (Å²) in [6.07, 6.45) is 0. The second kappa shape index (κ2) is 12.2. The van der Waals surface area contributed by atoms with Crippen molar-refractivity contribution in [1.82, 2.24) is 0 Å². The molecule has 0 N–H and O–H groups in total. The molecule has 0 aliphatic carbocycles. The average Bonchev–Trinajstić information content (AvgIpc) is 3.64.